The number of carboxylic acids is 1. The SMILES string of the molecule is CCCCc1nc2cc(C(C)=O)ccc2n1CCCC(=O)O. The summed E-state index contributed by atoms with van der Waals surface area (Å²) in [6.07, 6.45) is 3.72. The number of carboxylic acid groups (broad SMARTS) is 1. The lowest BCUT2D eigenvalue weighted by Crippen LogP contribution is -2.06. The Labute approximate surface area is 130 Å². The molecule has 0 radical (unpaired) electrons. The van der Waals surface area contributed by atoms with Gasteiger partial charge in [-0.25, -0.2) is 4.98 Å². The first-order valence-electron chi connectivity index (χ1n) is 7.74. The largest absolute Gasteiger partial charge is 0.481 e. The summed E-state index contributed by atoms with van der Waals surface area (Å²) < 4.78 is 2.10. The van der Waals surface area contributed by atoms with Gasteiger partial charge in [0.25, 0.3) is 0 Å². The second-order valence-electron chi connectivity index (χ2n) is 5.54. The average molecular weight is 302 g/mol. The van der Waals surface area contributed by atoms with Crippen molar-refractivity contribution in [3.63, 3.8) is 0 Å². The molecule has 0 spiro atoms. The number of aryl methyl sites for hydroxylation is 2. The lowest BCUT2D eigenvalue weighted by molar-refractivity contribution is -0.137. The molecule has 0 unspecified atom stereocenters. The van der Waals surface area contributed by atoms with Gasteiger partial charge in [-0.05, 0) is 38.0 Å². The predicted molar refractivity (Wildman–Crippen MR) is 85.2 cm³/mol. The molecule has 118 valence electrons. The molecule has 2 aromatic rings. The average Bonchev–Trinajstić information content (AvgIpc) is 2.81. The lowest BCUT2D eigenvalue weighted by Gasteiger charge is -2.08. The van der Waals surface area contributed by atoms with E-state index in [4.69, 9.17) is 5.11 Å². The number of carbonyl (C=O) groups excluding carboxylic acids is 1. The second kappa shape index (κ2) is 7.20. The van der Waals surface area contributed by atoms with Gasteiger partial charge in [0, 0.05) is 24.9 Å². The predicted octanol–water partition coefficient (Wildman–Crippen LogP) is 3.45. The molecule has 0 aliphatic carbocycles. The summed E-state index contributed by atoms with van der Waals surface area (Å²) in [5, 5.41) is 8.80. The number of nitrogens with zero attached hydrogens (tertiary/aromatic N) is 2. The Kier molecular flexibility index (Phi) is 5.31. The Morgan fingerprint density at radius 1 is 1.27 bits per heavy atom. The number of hydrogen-bond donors (Lipinski definition) is 1. The number of hydrogen-bond acceptors (Lipinski definition) is 3. The fourth-order valence-electron chi connectivity index (χ4n) is 2.56. The van der Waals surface area contributed by atoms with Crippen LogP contribution >= 0.6 is 0 Å². The smallest absolute Gasteiger partial charge is 0.303 e. The van der Waals surface area contributed by atoms with Crippen LogP contribution in [0.5, 0.6) is 0 Å². The van der Waals surface area contributed by atoms with Gasteiger partial charge < -0.3 is 9.67 Å². The van der Waals surface area contributed by atoms with Crippen LogP contribution in [0.1, 0.15) is 55.7 Å². The number of imidazole rings is 1. The lowest BCUT2D eigenvalue weighted by atomic mass is 10.1. The Morgan fingerprint density at radius 2 is 2.05 bits per heavy atom. The van der Waals surface area contributed by atoms with Crippen LogP contribution in [0.25, 0.3) is 11.0 Å². The summed E-state index contributed by atoms with van der Waals surface area (Å²) in [7, 11) is 0. The van der Waals surface area contributed by atoms with Crippen molar-refractivity contribution in [1.82, 2.24) is 9.55 Å². The van der Waals surface area contributed by atoms with Gasteiger partial charge in [-0.1, -0.05) is 13.3 Å². The van der Waals surface area contributed by atoms with E-state index in [0.717, 1.165) is 36.1 Å². The summed E-state index contributed by atoms with van der Waals surface area (Å²) in [6, 6.07) is 5.54. The topological polar surface area (TPSA) is 72.2 Å². The van der Waals surface area contributed by atoms with Crippen molar-refractivity contribution in [1.29, 1.82) is 0 Å². The first kappa shape index (κ1) is 16.2. The normalized spacial score (nSPS) is 11.0. The van der Waals surface area contributed by atoms with E-state index < -0.39 is 5.97 Å². The highest BCUT2D eigenvalue weighted by Crippen LogP contribution is 2.20. The number of rotatable bonds is 8. The quantitative estimate of drug-likeness (QED) is 0.758. The Hall–Kier alpha value is -2.17. The number of ketones is 1. The van der Waals surface area contributed by atoms with Crippen LogP contribution in [0.2, 0.25) is 0 Å². The first-order chi connectivity index (χ1) is 10.5. The van der Waals surface area contributed by atoms with Crippen LogP contribution in [0.4, 0.5) is 0 Å². The molecule has 0 saturated carbocycles. The van der Waals surface area contributed by atoms with E-state index in [9.17, 15) is 9.59 Å². The number of aromatic nitrogens is 2. The zero-order valence-corrected chi connectivity index (χ0v) is 13.1. The maximum Gasteiger partial charge on any atom is 0.303 e. The molecule has 22 heavy (non-hydrogen) atoms. The molecule has 0 atom stereocenters. The highest BCUT2D eigenvalue weighted by Gasteiger charge is 2.12. The Balaban J connectivity index is 2.35. The molecule has 0 aliphatic rings. The van der Waals surface area contributed by atoms with Crippen LogP contribution in [0.15, 0.2) is 18.2 Å². The van der Waals surface area contributed by atoms with Crippen LogP contribution in [-0.2, 0) is 17.8 Å². The van der Waals surface area contributed by atoms with Crippen molar-refractivity contribution in [3.05, 3.63) is 29.6 Å². The fraction of sp³-hybridized carbons (Fsp3) is 0.471. The van der Waals surface area contributed by atoms with Crippen LogP contribution in [0, 0.1) is 0 Å². The summed E-state index contributed by atoms with van der Waals surface area (Å²) in [4.78, 5) is 26.9. The van der Waals surface area contributed by atoms with E-state index in [1.165, 1.54) is 0 Å². The van der Waals surface area contributed by atoms with Crippen molar-refractivity contribution in [3.8, 4) is 0 Å². The van der Waals surface area contributed by atoms with Crippen LogP contribution in [-0.4, -0.2) is 26.4 Å². The molecular formula is C17H22N2O3. The third-order valence-electron chi connectivity index (χ3n) is 3.76. The summed E-state index contributed by atoms with van der Waals surface area (Å²) in [5.74, 6) is 0.221. The first-order valence-corrected chi connectivity index (χ1v) is 7.74. The van der Waals surface area contributed by atoms with Crippen LogP contribution < -0.4 is 0 Å². The third-order valence-corrected chi connectivity index (χ3v) is 3.76. The minimum Gasteiger partial charge on any atom is -0.481 e. The zero-order chi connectivity index (χ0) is 16.1. The van der Waals surface area contributed by atoms with Gasteiger partial charge >= 0.3 is 5.97 Å². The molecule has 0 fully saturated rings. The van der Waals surface area contributed by atoms with E-state index in [1.54, 1.807) is 6.92 Å². The highest BCUT2D eigenvalue weighted by atomic mass is 16.4. The molecule has 0 amide bonds. The van der Waals surface area contributed by atoms with Crippen molar-refractivity contribution in [2.45, 2.75) is 52.5 Å². The van der Waals surface area contributed by atoms with Crippen molar-refractivity contribution >= 4 is 22.8 Å². The summed E-state index contributed by atoms with van der Waals surface area (Å²) >= 11 is 0. The van der Waals surface area contributed by atoms with Gasteiger partial charge in [-0.3, -0.25) is 9.59 Å². The molecule has 1 heterocycles. The fourth-order valence-corrected chi connectivity index (χ4v) is 2.56. The third kappa shape index (κ3) is 3.72. The minimum atomic E-state index is -0.779. The molecule has 0 bridgehead atoms. The molecular weight excluding hydrogens is 280 g/mol. The van der Waals surface area contributed by atoms with Gasteiger partial charge in [-0.2, -0.15) is 0 Å². The molecule has 0 saturated heterocycles. The van der Waals surface area contributed by atoms with Crippen LogP contribution in [0.3, 0.4) is 0 Å². The molecule has 1 N–H and O–H groups in total. The van der Waals surface area contributed by atoms with Gasteiger partial charge in [0.1, 0.15) is 5.82 Å². The van der Waals surface area contributed by atoms with Crippen molar-refractivity contribution < 1.29 is 14.7 Å². The van der Waals surface area contributed by atoms with E-state index >= 15 is 0 Å². The molecule has 1 aromatic carbocycles. The summed E-state index contributed by atoms with van der Waals surface area (Å²) in [5.41, 5.74) is 2.44. The van der Waals surface area contributed by atoms with Gasteiger partial charge in [-0.15, -0.1) is 0 Å². The van der Waals surface area contributed by atoms with E-state index in [-0.39, 0.29) is 12.2 Å². The van der Waals surface area contributed by atoms with Crippen molar-refractivity contribution in [2.24, 2.45) is 0 Å². The van der Waals surface area contributed by atoms with E-state index in [1.807, 2.05) is 18.2 Å². The Bertz CT molecular complexity index is 689. The number of benzene rings is 1. The number of carbonyl (C=O) groups is 2. The molecule has 1 aromatic heterocycles. The van der Waals surface area contributed by atoms with Crippen molar-refractivity contribution in [2.75, 3.05) is 0 Å². The van der Waals surface area contributed by atoms with Gasteiger partial charge in [0.15, 0.2) is 5.78 Å². The maximum absolute atomic E-state index is 11.5. The highest BCUT2D eigenvalue weighted by molar-refractivity contribution is 5.97. The number of Topliss-reactive ketones (excluding diaryl/α,β-unsaturated/α-hetero) is 1. The Morgan fingerprint density at radius 3 is 2.68 bits per heavy atom. The number of unbranched alkanes of at least 4 members (excludes halogenated alkanes) is 1. The molecule has 5 nitrogen and oxygen atoms in total. The summed E-state index contributed by atoms with van der Waals surface area (Å²) in [6.45, 7) is 4.32. The van der Waals surface area contributed by atoms with Gasteiger partial charge in [0.2, 0.25) is 0 Å². The molecule has 0 aliphatic heterocycles. The number of fused-ring (bicyclic) bond motifs is 1. The maximum atomic E-state index is 11.5. The zero-order valence-electron chi connectivity index (χ0n) is 13.1. The monoisotopic (exact) mass is 302 g/mol. The van der Waals surface area contributed by atoms with E-state index in [0.29, 0.717) is 18.5 Å². The minimum absolute atomic E-state index is 0.0254. The molecule has 2 rings (SSSR count). The van der Waals surface area contributed by atoms with Gasteiger partial charge in [0.05, 0.1) is 11.0 Å². The standard InChI is InChI=1S/C17H22N2O3/c1-3-4-6-16-18-14-11-13(12(2)20)8-9-15(14)19(16)10-5-7-17(21)22/h8-9,11H,3-7,10H2,1-2H3,(H,21,22). The second-order valence-corrected chi connectivity index (χ2v) is 5.54. The molecule has 5 heteroatoms. The van der Waals surface area contributed by atoms with E-state index in [2.05, 4.69) is 16.5 Å². The number of aliphatic carboxylic acids is 1.